The summed E-state index contributed by atoms with van der Waals surface area (Å²) in [7, 11) is 3.77. The Morgan fingerprint density at radius 2 is 1.72 bits per heavy atom. The minimum atomic E-state index is 0.0485. The molecule has 0 aliphatic rings. The number of hydrogen-bond acceptors (Lipinski definition) is 3. The summed E-state index contributed by atoms with van der Waals surface area (Å²) in [5.41, 5.74) is 1.13. The second-order valence-corrected chi connectivity index (χ2v) is 6.57. The molecule has 2 aromatic rings. The van der Waals surface area contributed by atoms with Gasteiger partial charge in [-0.05, 0) is 43.8 Å². The van der Waals surface area contributed by atoms with E-state index in [1.165, 1.54) is 0 Å². The van der Waals surface area contributed by atoms with Gasteiger partial charge < -0.3 is 9.64 Å². The molecule has 0 heterocycles. The zero-order valence-corrected chi connectivity index (χ0v) is 15.7. The van der Waals surface area contributed by atoms with Crippen LogP contribution in [-0.4, -0.2) is 49.5 Å². The molecule has 134 valence electrons. The first-order chi connectivity index (χ1) is 12.0. The highest BCUT2D eigenvalue weighted by molar-refractivity contribution is 6.30. The van der Waals surface area contributed by atoms with Crippen LogP contribution in [0.2, 0.25) is 5.02 Å². The second kappa shape index (κ2) is 9.44. The van der Waals surface area contributed by atoms with Crippen LogP contribution < -0.4 is 4.74 Å². The fourth-order valence-electron chi connectivity index (χ4n) is 2.44. The zero-order chi connectivity index (χ0) is 18.2. The van der Waals surface area contributed by atoms with Gasteiger partial charge in [-0.1, -0.05) is 41.9 Å². The van der Waals surface area contributed by atoms with Gasteiger partial charge in [-0.25, -0.2) is 0 Å². The molecule has 2 aromatic carbocycles. The van der Waals surface area contributed by atoms with E-state index < -0.39 is 0 Å². The van der Waals surface area contributed by atoms with Crippen molar-refractivity contribution in [3.63, 3.8) is 0 Å². The molecular weight excluding hydrogens is 336 g/mol. The Morgan fingerprint density at radius 1 is 1.08 bits per heavy atom. The summed E-state index contributed by atoms with van der Waals surface area (Å²) in [5, 5.41) is 0.686. The molecule has 2 rings (SSSR count). The predicted molar refractivity (Wildman–Crippen MR) is 102 cm³/mol. The normalized spacial score (nSPS) is 12.0. The number of amides is 1. The Bertz CT molecular complexity index is 661. The van der Waals surface area contributed by atoms with Crippen molar-refractivity contribution in [2.75, 3.05) is 33.8 Å². The highest BCUT2D eigenvalue weighted by Crippen LogP contribution is 2.18. The van der Waals surface area contributed by atoms with Crippen molar-refractivity contribution in [3.05, 3.63) is 65.2 Å². The standard InChI is InChI=1S/C20H25ClN2O2/c1-16(17-7-5-4-6-8-17)23(3)20(24)15-22(2)13-14-25-19-11-9-18(21)10-12-19/h4-12,16H,13-15H2,1-3H3. The quantitative estimate of drug-likeness (QED) is 0.716. The third-order valence-corrected chi connectivity index (χ3v) is 4.47. The van der Waals surface area contributed by atoms with E-state index in [2.05, 4.69) is 0 Å². The molecule has 0 aliphatic heterocycles. The van der Waals surface area contributed by atoms with Gasteiger partial charge in [0.1, 0.15) is 12.4 Å². The molecule has 4 nitrogen and oxygen atoms in total. The minimum absolute atomic E-state index is 0.0485. The molecule has 1 unspecified atom stereocenters. The van der Waals surface area contributed by atoms with E-state index in [1.807, 2.05) is 68.4 Å². The average molecular weight is 361 g/mol. The van der Waals surface area contributed by atoms with Crippen LogP contribution in [0.1, 0.15) is 18.5 Å². The fraction of sp³-hybridized carbons (Fsp3) is 0.350. The molecule has 0 aliphatic carbocycles. The van der Waals surface area contributed by atoms with Crippen molar-refractivity contribution in [1.82, 2.24) is 9.80 Å². The van der Waals surface area contributed by atoms with Gasteiger partial charge >= 0.3 is 0 Å². The van der Waals surface area contributed by atoms with Crippen molar-refractivity contribution < 1.29 is 9.53 Å². The number of likely N-dealkylation sites (N-methyl/N-ethyl adjacent to an activating group) is 2. The molecule has 0 fully saturated rings. The van der Waals surface area contributed by atoms with E-state index in [9.17, 15) is 4.79 Å². The van der Waals surface area contributed by atoms with Crippen LogP contribution in [0, 0.1) is 0 Å². The molecule has 0 saturated heterocycles. The van der Waals surface area contributed by atoms with E-state index >= 15 is 0 Å². The van der Waals surface area contributed by atoms with Gasteiger partial charge in [0.25, 0.3) is 0 Å². The molecular formula is C20H25ClN2O2. The van der Waals surface area contributed by atoms with Gasteiger partial charge in [0.2, 0.25) is 5.91 Å². The van der Waals surface area contributed by atoms with Crippen molar-refractivity contribution in [2.45, 2.75) is 13.0 Å². The number of rotatable bonds is 8. The number of ether oxygens (including phenoxy) is 1. The second-order valence-electron chi connectivity index (χ2n) is 6.13. The van der Waals surface area contributed by atoms with E-state index in [1.54, 1.807) is 17.0 Å². The topological polar surface area (TPSA) is 32.8 Å². The largest absolute Gasteiger partial charge is 0.492 e. The Kier molecular flexibility index (Phi) is 7.29. The fourth-order valence-corrected chi connectivity index (χ4v) is 2.57. The van der Waals surface area contributed by atoms with Crippen molar-refractivity contribution in [3.8, 4) is 5.75 Å². The third-order valence-electron chi connectivity index (χ3n) is 4.22. The van der Waals surface area contributed by atoms with Gasteiger partial charge in [-0.2, -0.15) is 0 Å². The van der Waals surface area contributed by atoms with Gasteiger partial charge in [-0.3, -0.25) is 9.69 Å². The third kappa shape index (κ3) is 6.07. The lowest BCUT2D eigenvalue weighted by atomic mass is 10.1. The number of halogens is 1. The van der Waals surface area contributed by atoms with Gasteiger partial charge in [-0.15, -0.1) is 0 Å². The molecule has 0 bridgehead atoms. The van der Waals surface area contributed by atoms with E-state index in [0.717, 1.165) is 11.3 Å². The number of hydrogen-bond donors (Lipinski definition) is 0. The first-order valence-corrected chi connectivity index (χ1v) is 8.72. The number of carbonyl (C=O) groups is 1. The zero-order valence-electron chi connectivity index (χ0n) is 15.0. The summed E-state index contributed by atoms with van der Waals surface area (Å²) in [5.74, 6) is 0.865. The van der Waals surface area contributed by atoms with Crippen LogP contribution in [0.5, 0.6) is 5.75 Å². The summed E-state index contributed by atoms with van der Waals surface area (Å²) in [4.78, 5) is 16.2. The maximum absolute atomic E-state index is 12.5. The lowest BCUT2D eigenvalue weighted by Gasteiger charge is -2.27. The monoisotopic (exact) mass is 360 g/mol. The highest BCUT2D eigenvalue weighted by atomic mass is 35.5. The van der Waals surface area contributed by atoms with Crippen LogP contribution in [0.3, 0.4) is 0 Å². The highest BCUT2D eigenvalue weighted by Gasteiger charge is 2.18. The Morgan fingerprint density at radius 3 is 2.36 bits per heavy atom. The van der Waals surface area contributed by atoms with Crippen LogP contribution in [-0.2, 0) is 4.79 Å². The first kappa shape index (κ1) is 19.3. The van der Waals surface area contributed by atoms with E-state index in [4.69, 9.17) is 16.3 Å². The molecule has 5 heteroatoms. The van der Waals surface area contributed by atoms with Crippen LogP contribution in [0.15, 0.2) is 54.6 Å². The Hall–Kier alpha value is -2.04. The molecule has 0 saturated carbocycles. The van der Waals surface area contributed by atoms with Crippen LogP contribution >= 0.6 is 11.6 Å². The molecule has 0 spiro atoms. The lowest BCUT2D eigenvalue weighted by Crippen LogP contribution is -2.39. The van der Waals surface area contributed by atoms with Gasteiger partial charge in [0.15, 0.2) is 0 Å². The SMILES string of the molecule is CC(c1ccccc1)N(C)C(=O)CN(C)CCOc1ccc(Cl)cc1. The smallest absolute Gasteiger partial charge is 0.236 e. The predicted octanol–water partition coefficient (Wildman–Crippen LogP) is 3.87. The Labute approximate surface area is 155 Å². The number of carbonyl (C=O) groups excluding carboxylic acids is 1. The minimum Gasteiger partial charge on any atom is -0.492 e. The lowest BCUT2D eigenvalue weighted by molar-refractivity contribution is -0.132. The van der Waals surface area contributed by atoms with Crippen molar-refractivity contribution in [1.29, 1.82) is 0 Å². The van der Waals surface area contributed by atoms with Crippen LogP contribution in [0.4, 0.5) is 0 Å². The molecule has 1 amide bonds. The van der Waals surface area contributed by atoms with Crippen LogP contribution in [0.25, 0.3) is 0 Å². The average Bonchev–Trinajstić information content (AvgIpc) is 2.62. The molecule has 25 heavy (non-hydrogen) atoms. The number of benzene rings is 2. The Balaban J connectivity index is 1.76. The summed E-state index contributed by atoms with van der Waals surface area (Å²) < 4.78 is 5.67. The maximum atomic E-state index is 12.5. The maximum Gasteiger partial charge on any atom is 0.236 e. The molecule has 0 N–H and O–H groups in total. The van der Waals surface area contributed by atoms with Gasteiger partial charge in [0.05, 0.1) is 12.6 Å². The summed E-state index contributed by atoms with van der Waals surface area (Å²) >= 11 is 5.85. The van der Waals surface area contributed by atoms with E-state index in [0.29, 0.717) is 24.7 Å². The summed E-state index contributed by atoms with van der Waals surface area (Å²) in [6, 6.07) is 17.4. The van der Waals surface area contributed by atoms with Crippen molar-refractivity contribution >= 4 is 17.5 Å². The van der Waals surface area contributed by atoms with Crippen molar-refractivity contribution in [2.24, 2.45) is 0 Å². The number of nitrogens with zero attached hydrogens (tertiary/aromatic N) is 2. The van der Waals surface area contributed by atoms with E-state index in [-0.39, 0.29) is 11.9 Å². The molecule has 1 atom stereocenters. The molecule has 0 aromatic heterocycles. The molecule has 0 radical (unpaired) electrons. The summed E-state index contributed by atoms with van der Waals surface area (Å²) in [6.07, 6.45) is 0. The van der Waals surface area contributed by atoms with Gasteiger partial charge in [0, 0.05) is 18.6 Å². The first-order valence-electron chi connectivity index (χ1n) is 8.35. The summed E-state index contributed by atoms with van der Waals surface area (Å²) in [6.45, 7) is 3.58.